The van der Waals surface area contributed by atoms with Crippen LogP contribution in [0.2, 0.25) is 0 Å². The molecule has 0 unspecified atom stereocenters. The van der Waals surface area contributed by atoms with Crippen LogP contribution >= 0.6 is 11.5 Å². The fraction of sp³-hybridized carbons (Fsp3) is 0.0833. The van der Waals surface area contributed by atoms with E-state index >= 15 is 0 Å². The average molecular weight is 295 g/mol. The average Bonchev–Trinajstić information content (AvgIpc) is 2.73. The molecule has 104 valence electrons. The van der Waals surface area contributed by atoms with Gasteiger partial charge in [-0.3, -0.25) is 5.32 Å². The molecule has 6 nitrogen and oxygen atoms in total. The van der Waals surface area contributed by atoms with Gasteiger partial charge in [-0.15, -0.1) is 0 Å². The molecule has 20 heavy (non-hydrogen) atoms. The molecule has 8 heteroatoms. The number of carboxylic acids is 1. The van der Waals surface area contributed by atoms with Crippen molar-refractivity contribution in [3.05, 3.63) is 41.3 Å². The van der Waals surface area contributed by atoms with E-state index in [-0.39, 0.29) is 16.3 Å². The summed E-state index contributed by atoms with van der Waals surface area (Å²) in [6.45, 7) is 1.53. The van der Waals surface area contributed by atoms with E-state index in [9.17, 15) is 14.0 Å². The summed E-state index contributed by atoms with van der Waals surface area (Å²) in [5.74, 6) is -1.76. The number of aryl methyl sites for hydroxylation is 1. The number of aromatic carboxylic acids is 1. The predicted octanol–water partition coefficient (Wildman–Crippen LogP) is 2.93. The number of anilines is 2. The predicted molar refractivity (Wildman–Crippen MR) is 72.9 cm³/mol. The molecule has 0 saturated heterocycles. The summed E-state index contributed by atoms with van der Waals surface area (Å²) in [7, 11) is 0. The van der Waals surface area contributed by atoms with Gasteiger partial charge in [0.15, 0.2) is 0 Å². The summed E-state index contributed by atoms with van der Waals surface area (Å²) in [5.41, 5.74) is 0.241. The van der Waals surface area contributed by atoms with Crippen molar-refractivity contribution in [3.63, 3.8) is 0 Å². The highest BCUT2D eigenvalue weighted by molar-refractivity contribution is 7.11. The Morgan fingerprint density at radius 3 is 2.65 bits per heavy atom. The lowest BCUT2D eigenvalue weighted by Gasteiger charge is -2.07. The van der Waals surface area contributed by atoms with Crippen molar-refractivity contribution < 1.29 is 19.1 Å². The minimum Gasteiger partial charge on any atom is -0.478 e. The Bertz CT molecular complexity index is 672. The van der Waals surface area contributed by atoms with E-state index in [1.807, 2.05) is 0 Å². The second-order valence-electron chi connectivity index (χ2n) is 3.84. The van der Waals surface area contributed by atoms with Crippen molar-refractivity contribution in [1.29, 1.82) is 0 Å². The van der Waals surface area contributed by atoms with Crippen molar-refractivity contribution in [2.24, 2.45) is 0 Å². The maximum Gasteiger partial charge on any atom is 0.340 e. The van der Waals surface area contributed by atoms with Gasteiger partial charge in [0, 0.05) is 0 Å². The summed E-state index contributed by atoms with van der Waals surface area (Å²) in [4.78, 5) is 22.7. The maximum atomic E-state index is 13.4. The number of carbonyl (C=O) groups excluding carboxylic acids is 1. The largest absolute Gasteiger partial charge is 0.478 e. The third-order valence-corrected chi connectivity index (χ3v) is 3.28. The SMILES string of the molecule is Cc1nsc(NC(=O)Nc2ccccc2F)c1C(=O)O. The minimum absolute atomic E-state index is 0.00288. The third kappa shape index (κ3) is 2.91. The van der Waals surface area contributed by atoms with Crippen LogP contribution in [0.4, 0.5) is 19.9 Å². The number of nitrogens with one attached hydrogen (secondary N) is 2. The van der Waals surface area contributed by atoms with E-state index in [4.69, 9.17) is 5.11 Å². The van der Waals surface area contributed by atoms with Crippen LogP contribution in [0.3, 0.4) is 0 Å². The molecule has 0 spiro atoms. The van der Waals surface area contributed by atoms with Crippen molar-refractivity contribution in [2.45, 2.75) is 6.92 Å². The van der Waals surface area contributed by atoms with Gasteiger partial charge in [0.2, 0.25) is 0 Å². The van der Waals surface area contributed by atoms with Crippen LogP contribution in [-0.2, 0) is 0 Å². The number of hydrogen-bond acceptors (Lipinski definition) is 4. The number of nitrogens with zero attached hydrogens (tertiary/aromatic N) is 1. The highest BCUT2D eigenvalue weighted by Crippen LogP contribution is 2.24. The molecular weight excluding hydrogens is 285 g/mol. The minimum atomic E-state index is -1.18. The first-order valence-electron chi connectivity index (χ1n) is 5.51. The van der Waals surface area contributed by atoms with Crippen molar-refractivity contribution in [3.8, 4) is 0 Å². The number of carbonyl (C=O) groups is 2. The molecule has 0 aliphatic carbocycles. The lowest BCUT2D eigenvalue weighted by Crippen LogP contribution is -2.20. The second kappa shape index (κ2) is 5.66. The van der Waals surface area contributed by atoms with Crippen LogP contribution in [0.1, 0.15) is 16.1 Å². The topological polar surface area (TPSA) is 91.3 Å². The maximum absolute atomic E-state index is 13.4. The quantitative estimate of drug-likeness (QED) is 0.812. The second-order valence-corrected chi connectivity index (χ2v) is 4.61. The van der Waals surface area contributed by atoms with Crippen molar-refractivity contribution >= 4 is 34.2 Å². The van der Waals surface area contributed by atoms with Crippen molar-refractivity contribution in [1.82, 2.24) is 4.37 Å². The molecule has 0 aliphatic rings. The van der Waals surface area contributed by atoms with Crippen LogP contribution in [-0.4, -0.2) is 21.5 Å². The molecule has 0 atom stereocenters. The Labute approximate surface area is 117 Å². The Kier molecular flexibility index (Phi) is 3.94. The standard InChI is InChI=1S/C12H10FN3O3S/c1-6-9(11(17)18)10(20-16-6)15-12(19)14-8-5-3-2-4-7(8)13/h2-5H,1H3,(H,17,18)(H2,14,15,19). The monoisotopic (exact) mass is 295 g/mol. The summed E-state index contributed by atoms with van der Waals surface area (Å²) in [6.07, 6.45) is 0. The van der Waals surface area contributed by atoms with E-state index in [2.05, 4.69) is 15.0 Å². The van der Waals surface area contributed by atoms with Gasteiger partial charge in [0.1, 0.15) is 16.4 Å². The first-order valence-corrected chi connectivity index (χ1v) is 6.28. The Hall–Kier alpha value is -2.48. The van der Waals surface area contributed by atoms with Crippen LogP contribution in [0.5, 0.6) is 0 Å². The van der Waals surface area contributed by atoms with Crippen LogP contribution in [0.25, 0.3) is 0 Å². The molecular formula is C12H10FN3O3S. The Morgan fingerprint density at radius 2 is 2.00 bits per heavy atom. The molecule has 2 amide bonds. The molecule has 1 heterocycles. The first-order chi connectivity index (χ1) is 9.49. The zero-order valence-electron chi connectivity index (χ0n) is 10.3. The van der Waals surface area contributed by atoms with Crippen LogP contribution in [0.15, 0.2) is 24.3 Å². The van der Waals surface area contributed by atoms with Gasteiger partial charge in [-0.2, -0.15) is 4.37 Å². The van der Waals surface area contributed by atoms with Gasteiger partial charge < -0.3 is 10.4 Å². The van der Waals surface area contributed by atoms with Gasteiger partial charge >= 0.3 is 12.0 Å². The van der Waals surface area contributed by atoms with Gasteiger partial charge in [0.25, 0.3) is 0 Å². The zero-order chi connectivity index (χ0) is 14.7. The lowest BCUT2D eigenvalue weighted by atomic mass is 10.2. The summed E-state index contributed by atoms with van der Waals surface area (Å²) in [6, 6.07) is 4.92. The number of halogens is 1. The number of hydrogen-bond donors (Lipinski definition) is 3. The number of amides is 2. The number of carboxylic acid groups (broad SMARTS) is 1. The van der Waals surface area contributed by atoms with E-state index < -0.39 is 17.8 Å². The molecule has 2 rings (SSSR count). The molecule has 0 saturated carbocycles. The molecule has 1 aromatic carbocycles. The van der Waals surface area contributed by atoms with Crippen LogP contribution < -0.4 is 10.6 Å². The summed E-state index contributed by atoms with van der Waals surface area (Å²) < 4.78 is 17.2. The van der Waals surface area contributed by atoms with E-state index in [1.165, 1.54) is 25.1 Å². The number of aromatic nitrogens is 1. The first kappa shape index (κ1) is 13.9. The lowest BCUT2D eigenvalue weighted by molar-refractivity contribution is 0.0697. The summed E-state index contributed by atoms with van der Waals surface area (Å²) in [5, 5.41) is 13.8. The molecule has 0 radical (unpaired) electrons. The Balaban J connectivity index is 2.13. The normalized spacial score (nSPS) is 10.1. The Morgan fingerprint density at radius 1 is 1.30 bits per heavy atom. The van der Waals surface area contributed by atoms with E-state index in [0.29, 0.717) is 5.69 Å². The number of urea groups is 1. The highest BCUT2D eigenvalue weighted by Gasteiger charge is 2.19. The van der Waals surface area contributed by atoms with Crippen LogP contribution in [0, 0.1) is 12.7 Å². The number of rotatable bonds is 3. The fourth-order valence-corrected chi connectivity index (χ4v) is 2.31. The van der Waals surface area contributed by atoms with E-state index in [0.717, 1.165) is 11.5 Å². The van der Waals surface area contributed by atoms with Gasteiger partial charge in [0.05, 0.1) is 11.4 Å². The van der Waals surface area contributed by atoms with Gasteiger partial charge in [-0.1, -0.05) is 12.1 Å². The smallest absolute Gasteiger partial charge is 0.340 e. The molecule has 3 N–H and O–H groups in total. The highest BCUT2D eigenvalue weighted by atomic mass is 32.1. The molecule has 1 aromatic heterocycles. The van der Waals surface area contributed by atoms with Gasteiger partial charge in [-0.05, 0) is 30.6 Å². The number of benzene rings is 1. The third-order valence-electron chi connectivity index (χ3n) is 2.43. The van der Waals surface area contributed by atoms with E-state index in [1.54, 1.807) is 6.07 Å². The molecule has 2 aromatic rings. The molecule has 0 bridgehead atoms. The number of para-hydroxylation sites is 1. The van der Waals surface area contributed by atoms with Crippen molar-refractivity contribution in [2.75, 3.05) is 10.6 Å². The summed E-state index contributed by atoms with van der Waals surface area (Å²) >= 11 is 0.851. The fourth-order valence-electron chi connectivity index (χ4n) is 1.53. The van der Waals surface area contributed by atoms with Gasteiger partial charge in [-0.25, -0.2) is 14.0 Å². The zero-order valence-corrected chi connectivity index (χ0v) is 11.1. The molecule has 0 fully saturated rings. The molecule has 0 aliphatic heterocycles.